The molecule has 0 fully saturated rings. The first-order valence-corrected chi connectivity index (χ1v) is 15.7. The molecule has 6 rings (SSSR count). The molecule has 9 heteroatoms. The SMILES string of the molecule is CC(C)=CCc1c(O)c(CC=C(C)C)c2c(c1O)C(=O)C[C@@H](c1cc3c(cc1O)O[C@@H](c1ccc(O)cc1)[C@@H]3c1cc(O)cc(O)c1)O2. The van der Waals surface area contributed by atoms with E-state index in [9.17, 15) is 35.4 Å². The number of Topliss-reactive ketones (excluding diaryl/α,β-unsaturated/α-hetero) is 1. The van der Waals surface area contributed by atoms with Crippen LogP contribution in [-0.2, 0) is 12.8 Å². The van der Waals surface area contributed by atoms with Gasteiger partial charge >= 0.3 is 0 Å². The summed E-state index contributed by atoms with van der Waals surface area (Å²) >= 11 is 0. The number of fused-ring (bicyclic) bond motifs is 2. The molecule has 6 N–H and O–H groups in total. The first kappa shape index (κ1) is 32.4. The minimum absolute atomic E-state index is 0.00264. The molecule has 2 aliphatic heterocycles. The number of carbonyl (C=O) groups excluding carboxylic acids is 1. The number of rotatable bonds is 7. The Bertz CT molecular complexity index is 1960. The van der Waals surface area contributed by atoms with E-state index in [1.807, 2.05) is 39.8 Å². The Balaban J connectivity index is 1.47. The molecular weight excluding hydrogens is 612 g/mol. The van der Waals surface area contributed by atoms with Gasteiger partial charge in [-0.1, -0.05) is 35.4 Å². The van der Waals surface area contributed by atoms with Gasteiger partial charge in [-0.3, -0.25) is 4.79 Å². The van der Waals surface area contributed by atoms with Crippen molar-refractivity contribution in [2.24, 2.45) is 0 Å². The molecule has 0 radical (unpaired) electrons. The number of allylic oxidation sites excluding steroid dienone is 4. The highest BCUT2D eigenvalue weighted by Crippen LogP contribution is 2.55. The fraction of sp³-hybridized carbons (Fsp3) is 0.256. The van der Waals surface area contributed by atoms with Gasteiger partial charge in [0.05, 0.1) is 12.3 Å². The van der Waals surface area contributed by atoms with Crippen LogP contribution in [0.4, 0.5) is 0 Å². The third-order valence-electron chi connectivity index (χ3n) is 8.84. The van der Waals surface area contributed by atoms with E-state index in [1.165, 1.54) is 36.4 Å². The summed E-state index contributed by atoms with van der Waals surface area (Å²) in [6.45, 7) is 7.65. The van der Waals surface area contributed by atoms with Crippen LogP contribution in [-0.4, -0.2) is 36.4 Å². The normalized spacial score (nSPS) is 17.9. The average Bonchev–Trinajstić information content (AvgIpc) is 3.37. The number of aromatic hydroxyl groups is 6. The maximum Gasteiger partial charge on any atom is 0.174 e. The summed E-state index contributed by atoms with van der Waals surface area (Å²) in [5.41, 5.74) is 4.73. The molecule has 0 saturated heterocycles. The minimum Gasteiger partial charge on any atom is -0.508 e. The maximum atomic E-state index is 13.8. The summed E-state index contributed by atoms with van der Waals surface area (Å²) in [4.78, 5) is 13.8. The van der Waals surface area contributed by atoms with Gasteiger partial charge < -0.3 is 40.1 Å². The molecule has 2 heterocycles. The van der Waals surface area contributed by atoms with Gasteiger partial charge in [-0.05, 0) is 82.0 Å². The number of ketones is 1. The third-order valence-corrected chi connectivity index (χ3v) is 8.84. The van der Waals surface area contributed by atoms with Crippen molar-refractivity contribution in [2.75, 3.05) is 0 Å². The second-order valence-electron chi connectivity index (χ2n) is 12.9. The molecule has 0 saturated carbocycles. The first-order chi connectivity index (χ1) is 22.8. The highest BCUT2D eigenvalue weighted by molar-refractivity contribution is 6.04. The van der Waals surface area contributed by atoms with Crippen LogP contribution < -0.4 is 9.47 Å². The molecule has 4 aromatic carbocycles. The summed E-state index contributed by atoms with van der Waals surface area (Å²) in [5.74, 6) is -1.43. The zero-order valence-electron chi connectivity index (χ0n) is 27.1. The largest absolute Gasteiger partial charge is 0.508 e. The van der Waals surface area contributed by atoms with Crippen molar-refractivity contribution in [2.45, 2.75) is 65.1 Å². The van der Waals surface area contributed by atoms with Crippen molar-refractivity contribution in [3.8, 4) is 46.0 Å². The van der Waals surface area contributed by atoms with Crippen LogP contribution in [0.5, 0.6) is 46.0 Å². The van der Waals surface area contributed by atoms with E-state index in [-0.39, 0.29) is 76.2 Å². The zero-order valence-corrected chi connectivity index (χ0v) is 27.1. The Kier molecular flexibility index (Phi) is 8.47. The van der Waals surface area contributed by atoms with Gasteiger partial charge in [0.1, 0.15) is 63.8 Å². The predicted octanol–water partition coefficient (Wildman–Crippen LogP) is 7.91. The van der Waals surface area contributed by atoms with E-state index in [0.717, 1.165) is 11.1 Å². The quantitative estimate of drug-likeness (QED) is 0.109. The topological polar surface area (TPSA) is 157 Å². The van der Waals surface area contributed by atoms with Gasteiger partial charge in [0.2, 0.25) is 0 Å². The fourth-order valence-corrected chi connectivity index (χ4v) is 6.47. The fourth-order valence-electron chi connectivity index (χ4n) is 6.47. The molecule has 0 amide bonds. The van der Waals surface area contributed by atoms with Crippen LogP contribution >= 0.6 is 0 Å². The second kappa shape index (κ2) is 12.6. The Morgan fingerprint density at radius 3 is 1.96 bits per heavy atom. The van der Waals surface area contributed by atoms with Gasteiger partial charge in [-0.2, -0.15) is 0 Å². The molecule has 0 aliphatic carbocycles. The minimum atomic E-state index is -0.978. The Morgan fingerprint density at radius 2 is 1.33 bits per heavy atom. The van der Waals surface area contributed by atoms with Gasteiger partial charge in [-0.15, -0.1) is 0 Å². The lowest BCUT2D eigenvalue weighted by atomic mass is 9.83. The van der Waals surface area contributed by atoms with E-state index in [2.05, 4.69) is 0 Å². The van der Waals surface area contributed by atoms with E-state index >= 15 is 0 Å². The van der Waals surface area contributed by atoms with Crippen LogP contribution in [0.15, 0.2) is 77.9 Å². The molecule has 0 spiro atoms. The lowest BCUT2D eigenvalue weighted by Gasteiger charge is -2.30. The van der Waals surface area contributed by atoms with Crippen molar-refractivity contribution in [1.29, 1.82) is 0 Å². The molecule has 48 heavy (non-hydrogen) atoms. The van der Waals surface area contributed by atoms with Crippen LogP contribution in [0, 0.1) is 0 Å². The smallest absolute Gasteiger partial charge is 0.174 e. The van der Waals surface area contributed by atoms with Crippen LogP contribution in [0.3, 0.4) is 0 Å². The average molecular weight is 651 g/mol. The van der Waals surface area contributed by atoms with Crippen LogP contribution in [0.1, 0.15) is 96.0 Å². The van der Waals surface area contributed by atoms with Crippen molar-refractivity contribution in [3.63, 3.8) is 0 Å². The van der Waals surface area contributed by atoms with Crippen molar-refractivity contribution in [3.05, 3.63) is 117 Å². The molecule has 248 valence electrons. The second-order valence-corrected chi connectivity index (χ2v) is 12.9. The van der Waals surface area contributed by atoms with Crippen LogP contribution in [0.25, 0.3) is 0 Å². The number of hydrogen-bond acceptors (Lipinski definition) is 9. The molecule has 0 aromatic heterocycles. The number of phenolic OH excluding ortho intramolecular Hbond substituents is 6. The highest BCUT2D eigenvalue weighted by atomic mass is 16.5. The molecule has 3 atom stereocenters. The van der Waals surface area contributed by atoms with Crippen LogP contribution in [0.2, 0.25) is 0 Å². The lowest BCUT2D eigenvalue weighted by molar-refractivity contribution is 0.0839. The van der Waals surface area contributed by atoms with Gasteiger partial charge in [-0.25, -0.2) is 0 Å². The van der Waals surface area contributed by atoms with Gasteiger partial charge in [0, 0.05) is 34.4 Å². The van der Waals surface area contributed by atoms with E-state index in [1.54, 1.807) is 18.2 Å². The van der Waals surface area contributed by atoms with E-state index in [4.69, 9.17) is 9.47 Å². The summed E-state index contributed by atoms with van der Waals surface area (Å²) in [7, 11) is 0. The molecule has 0 unspecified atom stereocenters. The molecular formula is C39H38O9. The predicted molar refractivity (Wildman–Crippen MR) is 180 cm³/mol. The number of phenols is 6. The monoisotopic (exact) mass is 650 g/mol. The number of benzene rings is 4. The number of hydrogen-bond donors (Lipinski definition) is 6. The maximum absolute atomic E-state index is 13.8. The van der Waals surface area contributed by atoms with Crippen molar-refractivity contribution >= 4 is 5.78 Å². The van der Waals surface area contributed by atoms with E-state index in [0.29, 0.717) is 28.0 Å². The van der Waals surface area contributed by atoms with Crippen molar-refractivity contribution < 1.29 is 44.9 Å². The summed E-state index contributed by atoms with van der Waals surface area (Å²) in [5, 5.41) is 64.6. The number of ether oxygens (including phenoxy) is 2. The Labute approximate surface area is 278 Å². The lowest BCUT2D eigenvalue weighted by Crippen LogP contribution is -2.22. The number of carbonyl (C=O) groups is 1. The molecule has 4 aromatic rings. The van der Waals surface area contributed by atoms with E-state index < -0.39 is 23.9 Å². The molecule has 9 nitrogen and oxygen atoms in total. The van der Waals surface area contributed by atoms with Gasteiger partial charge in [0.15, 0.2) is 5.78 Å². The molecule has 2 aliphatic rings. The third kappa shape index (κ3) is 5.99. The molecule has 0 bridgehead atoms. The Morgan fingerprint density at radius 1 is 0.708 bits per heavy atom. The summed E-state index contributed by atoms with van der Waals surface area (Å²) < 4.78 is 12.8. The summed E-state index contributed by atoms with van der Waals surface area (Å²) in [6, 6.07) is 13.9. The summed E-state index contributed by atoms with van der Waals surface area (Å²) in [6.07, 6.45) is 2.41. The zero-order chi connectivity index (χ0) is 34.4. The van der Waals surface area contributed by atoms with Crippen molar-refractivity contribution in [1.82, 2.24) is 0 Å². The van der Waals surface area contributed by atoms with Gasteiger partial charge in [0.25, 0.3) is 0 Å². The Hall–Kier alpha value is -5.57. The standard InChI is InChI=1S/C39H38O9/c1-19(2)5-11-26-36(45)27(12-6-20(3)4)39-35(37(26)46)31(44)18-32(48-39)28-16-29-33(17-30(28)43)47-38(21-7-9-23(40)10-8-21)34(29)22-13-24(41)15-25(42)14-22/h5-10,13-17,32,34,38,40-43,45-46H,11-12,18H2,1-4H3/t32-,34+,38-/m0/s1. The highest BCUT2D eigenvalue weighted by Gasteiger charge is 2.41. The first-order valence-electron chi connectivity index (χ1n) is 15.7.